The van der Waals surface area contributed by atoms with Gasteiger partial charge in [0.2, 0.25) is 0 Å². The van der Waals surface area contributed by atoms with Crippen molar-refractivity contribution < 1.29 is 14.3 Å². The number of rotatable bonds is 2. The van der Waals surface area contributed by atoms with E-state index in [-0.39, 0.29) is 10.6 Å². The van der Waals surface area contributed by atoms with Crippen LogP contribution in [0.15, 0.2) is 16.6 Å². The lowest BCUT2D eigenvalue weighted by molar-refractivity contribution is -0.138. The molecule has 1 aromatic carbocycles. The minimum absolute atomic E-state index is 0.0729. The number of hydrogen-bond acceptors (Lipinski definition) is 1. The van der Waals surface area contributed by atoms with E-state index in [1.54, 1.807) is 0 Å². The first-order chi connectivity index (χ1) is 6.45. The van der Waals surface area contributed by atoms with E-state index in [2.05, 4.69) is 15.9 Å². The molecule has 1 aromatic rings. The summed E-state index contributed by atoms with van der Waals surface area (Å²) in [5.41, 5.74) is 0.0741. The number of benzene rings is 1. The molecule has 1 N–H and O–H groups in total. The molecule has 0 saturated heterocycles. The topological polar surface area (TPSA) is 37.3 Å². The smallest absolute Gasteiger partial charge is 0.310 e. The molecule has 0 spiro atoms. The Bertz CT molecular complexity index is 381. The number of hydrogen-bond donors (Lipinski definition) is 1. The van der Waals surface area contributed by atoms with E-state index < -0.39 is 17.7 Å². The molecule has 0 aliphatic heterocycles. The first-order valence-corrected chi connectivity index (χ1v) is 4.98. The zero-order chi connectivity index (χ0) is 10.9. The molecule has 1 atom stereocenters. The van der Waals surface area contributed by atoms with Gasteiger partial charge in [-0.25, -0.2) is 4.39 Å². The fourth-order valence-electron chi connectivity index (χ4n) is 1.06. The molecule has 14 heavy (non-hydrogen) atoms. The quantitative estimate of drug-likeness (QED) is 0.843. The van der Waals surface area contributed by atoms with Crippen molar-refractivity contribution in [2.24, 2.45) is 0 Å². The Balaban J connectivity index is 3.32. The molecule has 0 bridgehead atoms. The maximum absolute atomic E-state index is 13.4. The highest BCUT2D eigenvalue weighted by Gasteiger charge is 2.22. The first kappa shape index (κ1) is 11.5. The SMILES string of the molecule is CC(C(=O)O)c1c(Br)ccc(Cl)c1F. The molecule has 1 unspecified atom stereocenters. The summed E-state index contributed by atoms with van der Waals surface area (Å²) >= 11 is 8.63. The number of aliphatic carboxylic acids is 1. The molecule has 0 saturated carbocycles. The average Bonchev–Trinajstić information content (AvgIpc) is 2.12. The van der Waals surface area contributed by atoms with E-state index in [9.17, 15) is 9.18 Å². The van der Waals surface area contributed by atoms with Crippen LogP contribution in [0.5, 0.6) is 0 Å². The summed E-state index contributed by atoms with van der Waals surface area (Å²) in [4.78, 5) is 10.7. The van der Waals surface area contributed by atoms with Crippen molar-refractivity contribution in [1.29, 1.82) is 0 Å². The third-order valence-corrected chi connectivity index (χ3v) is 2.87. The number of halogens is 3. The Kier molecular flexibility index (Phi) is 3.50. The molecule has 0 amide bonds. The molecule has 1 rings (SSSR count). The lowest BCUT2D eigenvalue weighted by atomic mass is 10.0. The van der Waals surface area contributed by atoms with E-state index in [0.717, 1.165) is 0 Å². The van der Waals surface area contributed by atoms with E-state index in [1.807, 2.05) is 0 Å². The van der Waals surface area contributed by atoms with Crippen molar-refractivity contribution in [1.82, 2.24) is 0 Å². The largest absolute Gasteiger partial charge is 0.481 e. The highest BCUT2D eigenvalue weighted by atomic mass is 79.9. The minimum Gasteiger partial charge on any atom is -0.481 e. The summed E-state index contributed by atoms with van der Waals surface area (Å²) in [6.07, 6.45) is 0. The van der Waals surface area contributed by atoms with E-state index >= 15 is 0 Å². The maximum Gasteiger partial charge on any atom is 0.310 e. The van der Waals surface area contributed by atoms with E-state index in [0.29, 0.717) is 4.47 Å². The van der Waals surface area contributed by atoms with Gasteiger partial charge in [0, 0.05) is 10.0 Å². The van der Waals surface area contributed by atoms with Crippen molar-refractivity contribution in [3.05, 3.63) is 33.0 Å². The third-order valence-electron chi connectivity index (χ3n) is 1.88. The highest BCUT2D eigenvalue weighted by molar-refractivity contribution is 9.10. The van der Waals surface area contributed by atoms with Crippen molar-refractivity contribution in [2.45, 2.75) is 12.8 Å². The zero-order valence-corrected chi connectivity index (χ0v) is 9.56. The molecule has 0 fully saturated rings. The monoisotopic (exact) mass is 280 g/mol. The van der Waals surface area contributed by atoms with Gasteiger partial charge in [-0.05, 0) is 19.1 Å². The Labute approximate surface area is 93.8 Å². The Morgan fingerprint density at radius 3 is 2.71 bits per heavy atom. The predicted octanol–water partition coefficient (Wildman–Crippen LogP) is 3.43. The van der Waals surface area contributed by atoms with Gasteiger partial charge in [0.25, 0.3) is 0 Å². The number of carboxylic acids is 1. The second-order valence-electron chi connectivity index (χ2n) is 2.82. The van der Waals surface area contributed by atoms with Crippen LogP contribution >= 0.6 is 27.5 Å². The lowest BCUT2D eigenvalue weighted by Crippen LogP contribution is -2.10. The summed E-state index contributed by atoms with van der Waals surface area (Å²) in [5, 5.41) is 8.67. The molecular formula is C9H7BrClFO2. The first-order valence-electron chi connectivity index (χ1n) is 3.81. The Morgan fingerprint density at radius 1 is 1.64 bits per heavy atom. The highest BCUT2D eigenvalue weighted by Crippen LogP contribution is 2.31. The van der Waals surface area contributed by atoms with Crippen molar-refractivity contribution >= 4 is 33.5 Å². The summed E-state index contributed by atoms with van der Waals surface area (Å²) in [6.45, 7) is 1.40. The Morgan fingerprint density at radius 2 is 2.21 bits per heavy atom. The van der Waals surface area contributed by atoms with Gasteiger partial charge in [0.1, 0.15) is 5.82 Å². The second-order valence-corrected chi connectivity index (χ2v) is 4.08. The van der Waals surface area contributed by atoms with Gasteiger partial charge in [0.15, 0.2) is 0 Å². The van der Waals surface area contributed by atoms with Gasteiger partial charge in [-0.3, -0.25) is 4.79 Å². The second kappa shape index (κ2) is 4.28. The normalized spacial score (nSPS) is 12.6. The van der Waals surface area contributed by atoms with Crippen molar-refractivity contribution in [2.75, 3.05) is 0 Å². The summed E-state index contributed by atoms with van der Waals surface area (Å²) < 4.78 is 13.9. The standard InChI is InChI=1S/C9H7BrClFO2/c1-4(9(13)14)7-5(10)2-3-6(11)8(7)12/h2-4H,1H3,(H,13,14). The molecule has 2 nitrogen and oxygen atoms in total. The van der Waals surface area contributed by atoms with Gasteiger partial charge in [0.05, 0.1) is 10.9 Å². The molecule has 5 heteroatoms. The van der Waals surface area contributed by atoms with Crippen LogP contribution in [0.3, 0.4) is 0 Å². The van der Waals surface area contributed by atoms with E-state index in [4.69, 9.17) is 16.7 Å². The van der Waals surface area contributed by atoms with Crippen LogP contribution in [0, 0.1) is 5.82 Å². The van der Waals surface area contributed by atoms with Gasteiger partial charge in [-0.15, -0.1) is 0 Å². The van der Waals surface area contributed by atoms with Gasteiger partial charge < -0.3 is 5.11 Å². The number of carboxylic acid groups (broad SMARTS) is 1. The zero-order valence-electron chi connectivity index (χ0n) is 7.22. The van der Waals surface area contributed by atoms with Gasteiger partial charge in [-0.1, -0.05) is 27.5 Å². The van der Waals surface area contributed by atoms with Gasteiger partial charge >= 0.3 is 5.97 Å². The molecule has 76 valence electrons. The predicted molar refractivity (Wildman–Crippen MR) is 55.2 cm³/mol. The van der Waals surface area contributed by atoms with Gasteiger partial charge in [-0.2, -0.15) is 0 Å². The van der Waals surface area contributed by atoms with Crippen molar-refractivity contribution in [3.63, 3.8) is 0 Å². The fourth-order valence-corrected chi connectivity index (χ4v) is 1.88. The van der Waals surface area contributed by atoms with E-state index in [1.165, 1.54) is 19.1 Å². The maximum atomic E-state index is 13.4. The average molecular weight is 282 g/mol. The molecule has 0 aromatic heterocycles. The summed E-state index contributed by atoms with van der Waals surface area (Å²) in [6, 6.07) is 2.90. The van der Waals surface area contributed by atoms with Crippen LogP contribution in [0.25, 0.3) is 0 Å². The van der Waals surface area contributed by atoms with Crippen molar-refractivity contribution in [3.8, 4) is 0 Å². The molecule has 0 heterocycles. The van der Waals surface area contributed by atoms with Crippen LogP contribution in [-0.2, 0) is 4.79 Å². The lowest BCUT2D eigenvalue weighted by Gasteiger charge is -2.11. The minimum atomic E-state index is -1.09. The van der Waals surface area contributed by atoms with Crippen LogP contribution in [-0.4, -0.2) is 11.1 Å². The molecule has 0 radical (unpaired) electrons. The number of carbonyl (C=O) groups is 1. The fraction of sp³-hybridized carbons (Fsp3) is 0.222. The summed E-state index contributed by atoms with van der Waals surface area (Å²) in [5.74, 6) is -2.70. The summed E-state index contributed by atoms with van der Waals surface area (Å²) in [7, 11) is 0. The third kappa shape index (κ3) is 2.07. The Hall–Kier alpha value is -0.610. The van der Waals surface area contributed by atoms with Crippen LogP contribution in [0.2, 0.25) is 5.02 Å². The molecule has 0 aliphatic rings. The van der Waals surface area contributed by atoms with Crippen LogP contribution in [0.1, 0.15) is 18.4 Å². The molecular weight excluding hydrogens is 274 g/mol. The van der Waals surface area contributed by atoms with Crippen LogP contribution in [0.4, 0.5) is 4.39 Å². The molecule has 0 aliphatic carbocycles. The van der Waals surface area contributed by atoms with Crippen LogP contribution < -0.4 is 0 Å².